The molecule has 0 amide bonds. The summed E-state index contributed by atoms with van der Waals surface area (Å²) in [4.78, 5) is 2.30. The highest BCUT2D eigenvalue weighted by atomic mass is 35.5. The predicted octanol–water partition coefficient (Wildman–Crippen LogP) is 4.69. The molecule has 21 heavy (non-hydrogen) atoms. The van der Waals surface area contributed by atoms with E-state index < -0.39 is 0 Å². The van der Waals surface area contributed by atoms with Gasteiger partial charge >= 0.3 is 0 Å². The first-order valence-corrected chi connectivity index (χ1v) is 8.22. The Bertz CT molecular complexity index is 620. The normalized spacial score (nSPS) is 22.4. The monoisotopic (exact) mass is 303 g/mol. The number of hydrogen-bond donors (Lipinski definition) is 0. The van der Waals surface area contributed by atoms with Gasteiger partial charge in [-0.1, -0.05) is 49.2 Å². The fraction of sp³-hybridized carbons (Fsp3) is 0.529. The van der Waals surface area contributed by atoms with Crippen molar-refractivity contribution in [3.63, 3.8) is 0 Å². The highest BCUT2D eigenvalue weighted by Gasteiger charge is 2.25. The highest BCUT2D eigenvalue weighted by molar-refractivity contribution is 6.34. The Labute approximate surface area is 131 Å². The Morgan fingerprint density at radius 3 is 2.43 bits per heavy atom. The average Bonchev–Trinajstić information content (AvgIpc) is 2.55. The molecule has 0 spiro atoms. The molecule has 0 N–H and O–H groups in total. The summed E-state index contributed by atoms with van der Waals surface area (Å²) in [6, 6.07) is 8.68. The van der Waals surface area contributed by atoms with Crippen molar-refractivity contribution in [1.82, 2.24) is 10.2 Å². The molecule has 1 aliphatic rings. The summed E-state index contributed by atoms with van der Waals surface area (Å²) in [6.07, 6.45) is 6.44. The smallest absolute Gasteiger partial charge is 0.159 e. The number of rotatable bonds is 3. The average molecular weight is 304 g/mol. The molecule has 0 atom stereocenters. The Hall–Kier alpha value is -1.35. The van der Waals surface area contributed by atoms with E-state index in [4.69, 9.17) is 11.6 Å². The van der Waals surface area contributed by atoms with E-state index in [1.165, 1.54) is 32.1 Å². The number of aromatic nitrogens is 2. The molecule has 1 heterocycles. The lowest BCUT2D eigenvalue weighted by Crippen LogP contribution is -2.35. The van der Waals surface area contributed by atoms with Crippen LogP contribution in [0.15, 0.2) is 24.3 Å². The van der Waals surface area contributed by atoms with Gasteiger partial charge < -0.3 is 4.90 Å². The lowest BCUT2D eigenvalue weighted by atomic mass is 9.84. The maximum Gasteiger partial charge on any atom is 0.159 e. The second kappa shape index (κ2) is 6.18. The van der Waals surface area contributed by atoms with Crippen LogP contribution in [0.25, 0.3) is 10.8 Å². The van der Waals surface area contributed by atoms with Gasteiger partial charge in [-0.3, -0.25) is 0 Å². The Balaban J connectivity index is 1.88. The minimum atomic E-state index is 0.484. The van der Waals surface area contributed by atoms with Crippen molar-refractivity contribution in [2.75, 3.05) is 11.9 Å². The summed E-state index contributed by atoms with van der Waals surface area (Å²) in [5, 5.41) is 11.1. The summed E-state index contributed by atoms with van der Waals surface area (Å²) >= 11 is 6.17. The van der Waals surface area contributed by atoms with Crippen molar-refractivity contribution in [2.45, 2.75) is 45.1 Å². The summed E-state index contributed by atoms with van der Waals surface area (Å²) in [5.74, 6) is 1.86. The van der Waals surface area contributed by atoms with Gasteiger partial charge in [-0.15, -0.1) is 10.2 Å². The van der Waals surface area contributed by atoms with Gasteiger partial charge in [-0.2, -0.15) is 0 Å². The maximum atomic E-state index is 6.17. The molecule has 0 unspecified atom stereocenters. The first kappa shape index (κ1) is 14.6. The molecule has 3 rings (SSSR count). The van der Waals surface area contributed by atoms with Gasteiger partial charge in [0.15, 0.2) is 11.0 Å². The number of anilines is 1. The topological polar surface area (TPSA) is 29.0 Å². The highest BCUT2D eigenvalue weighted by Crippen LogP contribution is 2.34. The van der Waals surface area contributed by atoms with E-state index in [1.807, 2.05) is 18.2 Å². The lowest BCUT2D eigenvalue weighted by Gasteiger charge is -2.35. The third kappa shape index (κ3) is 2.84. The zero-order valence-corrected chi connectivity index (χ0v) is 13.5. The molecule has 4 heteroatoms. The van der Waals surface area contributed by atoms with E-state index in [2.05, 4.69) is 35.1 Å². The van der Waals surface area contributed by atoms with Crippen LogP contribution in [0.3, 0.4) is 0 Å². The van der Waals surface area contributed by atoms with Crippen molar-refractivity contribution in [3.8, 4) is 0 Å². The Morgan fingerprint density at radius 1 is 1.10 bits per heavy atom. The van der Waals surface area contributed by atoms with E-state index in [1.54, 1.807) is 0 Å². The first-order chi connectivity index (χ1) is 10.2. The van der Waals surface area contributed by atoms with Gasteiger partial charge in [0.2, 0.25) is 0 Å². The van der Waals surface area contributed by atoms with E-state index in [9.17, 15) is 0 Å². The van der Waals surface area contributed by atoms with Crippen molar-refractivity contribution in [1.29, 1.82) is 0 Å². The first-order valence-electron chi connectivity index (χ1n) is 7.84. The molecule has 0 saturated heterocycles. The molecule has 0 bridgehead atoms. The molecule has 112 valence electrons. The molecule has 1 aromatic carbocycles. The van der Waals surface area contributed by atoms with Crippen LogP contribution in [0.4, 0.5) is 5.82 Å². The fourth-order valence-corrected chi connectivity index (χ4v) is 3.63. The number of fused-ring (bicyclic) bond motifs is 1. The summed E-state index contributed by atoms with van der Waals surface area (Å²) in [7, 11) is 2.14. The van der Waals surface area contributed by atoms with Crippen LogP contribution in [0.5, 0.6) is 0 Å². The van der Waals surface area contributed by atoms with E-state index >= 15 is 0 Å². The number of hydrogen-bond acceptors (Lipinski definition) is 3. The lowest BCUT2D eigenvalue weighted by molar-refractivity contribution is 0.313. The SMILES string of the molecule is CCC1CCC(N(C)c2nnc(Cl)c3ccccc23)CC1. The molecule has 1 fully saturated rings. The van der Waals surface area contributed by atoms with Crippen LogP contribution in [-0.4, -0.2) is 23.3 Å². The Kier molecular flexibility index (Phi) is 4.29. The Morgan fingerprint density at radius 2 is 1.76 bits per heavy atom. The molecule has 1 aliphatic carbocycles. The third-order valence-electron chi connectivity index (χ3n) is 4.90. The molecule has 0 aliphatic heterocycles. The van der Waals surface area contributed by atoms with Gasteiger partial charge in [0.05, 0.1) is 0 Å². The van der Waals surface area contributed by atoms with Crippen molar-refractivity contribution in [2.24, 2.45) is 5.92 Å². The van der Waals surface area contributed by atoms with Crippen LogP contribution in [0, 0.1) is 5.92 Å². The van der Waals surface area contributed by atoms with Crippen LogP contribution in [-0.2, 0) is 0 Å². The van der Waals surface area contributed by atoms with E-state index in [-0.39, 0.29) is 0 Å². The summed E-state index contributed by atoms with van der Waals surface area (Å²) < 4.78 is 0. The van der Waals surface area contributed by atoms with E-state index in [0.717, 1.165) is 22.5 Å². The zero-order valence-electron chi connectivity index (χ0n) is 12.7. The molecule has 1 aromatic heterocycles. The van der Waals surface area contributed by atoms with E-state index in [0.29, 0.717) is 11.2 Å². The van der Waals surface area contributed by atoms with Crippen LogP contribution in [0.2, 0.25) is 5.15 Å². The van der Waals surface area contributed by atoms with Gasteiger partial charge in [0.25, 0.3) is 0 Å². The van der Waals surface area contributed by atoms with Crippen molar-refractivity contribution >= 4 is 28.2 Å². The third-order valence-corrected chi connectivity index (χ3v) is 5.18. The molecular weight excluding hydrogens is 282 g/mol. The molecular formula is C17H22ClN3. The maximum absolute atomic E-state index is 6.17. The molecule has 1 saturated carbocycles. The minimum Gasteiger partial charge on any atom is -0.355 e. The largest absolute Gasteiger partial charge is 0.355 e. The second-order valence-corrected chi connectivity index (χ2v) is 6.41. The van der Waals surface area contributed by atoms with Gasteiger partial charge in [-0.05, 0) is 31.6 Å². The minimum absolute atomic E-state index is 0.484. The van der Waals surface area contributed by atoms with Crippen molar-refractivity contribution in [3.05, 3.63) is 29.4 Å². The van der Waals surface area contributed by atoms with Crippen LogP contribution in [0.1, 0.15) is 39.0 Å². The summed E-state index contributed by atoms with van der Waals surface area (Å²) in [6.45, 7) is 2.30. The predicted molar refractivity (Wildman–Crippen MR) is 89.0 cm³/mol. The molecule has 2 aromatic rings. The van der Waals surface area contributed by atoms with Crippen molar-refractivity contribution < 1.29 is 0 Å². The van der Waals surface area contributed by atoms with Crippen LogP contribution < -0.4 is 4.90 Å². The number of nitrogens with zero attached hydrogens (tertiary/aromatic N) is 3. The van der Waals surface area contributed by atoms with Gasteiger partial charge in [0.1, 0.15) is 0 Å². The van der Waals surface area contributed by atoms with Gasteiger partial charge in [0, 0.05) is 23.9 Å². The molecule has 0 radical (unpaired) electrons. The zero-order chi connectivity index (χ0) is 14.8. The van der Waals surface area contributed by atoms with Gasteiger partial charge in [-0.25, -0.2) is 0 Å². The fourth-order valence-electron chi connectivity index (χ4n) is 3.43. The second-order valence-electron chi connectivity index (χ2n) is 6.05. The number of halogens is 1. The number of benzene rings is 1. The standard InChI is InChI=1S/C17H22ClN3/c1-3-12-8-10-13(11-9-12)21(2)17-15-7-5-4-6-14(15)16(18)19-20-17/h4-7,12-13H,3,8-11H2,1-2H3. The summed E-state index contributed by atoms with van der Waals surface area (Å²) in [5.41, 5.74) is 0. The molecule has 3 nitrogen and oxygen atoms in total. The quantitative estimate of drug-likeness (QED) is 0.824. The van der Waals surface area contributed by atoms with Crippen LogP contribution >= 0.6 is 11.6 Å².